The highest BCUT2D eigenvalue weighted by molar-refractivity contribution is 5.96. The van der Waals surface area contributed by atoms with Gasteiger partial charge in [-0.1, -0.05) is 42.5 Å². The van der Waals surface area contributed by atoms with Gasteiger partial charge < -0.3 is 4.42 Å². The van der Waals surface area contributed by atoms with Crippen LogP contribution < -0.4 is 0 Å². The fraction of sp³-hybridized carbons (Fsp3) is 0.211. The van der Waals surface area contributed by atoms with Crippen LogP contribution in [0.1, 0.15) is 31.2 Å². The molecule has 0 N–H and O–H groups in total. The number of hydrogen-bond donors (Lipinski definition) is 0. The van der Waals surface area contributed by atoms with Gasteiger partial charge in [-0.05, 0) is 31.5 Å². The van der Waals surface area contributed by atoms with Crippen molar-refractivity contribution < 1.29 is 9.21 Å². The van der Waals surface area contributed by atoms with Crippen LogP contribution in [0, 0.1) is 11.3 Å². The van der Waals surface area contributed by atoms with Gasteiger partial charge in [0.15, 0.2) is 17.3 Å². The zero-order valence-corrected chi connectivity index (χ0v) is 13.0. The summed E-state index contributed by atoms with van der Waals surface area (Å²) in [5.74, 6) is -1.10. The van der Waals surface area contributed by atoms with Crippen molar-refractivity contribution in [2.45, 2.75) is 25.2 Å². The number of Topliss-reactive ketones (excluding diaryl/α,β-unsaturated/α-hetero) is 1. The van der Waals surface area contributed by atoms with Gasteiger partial charge in [-0.15, -0.1) is 0 Å². The Labute approximate surface area is 134 Å². The Balaban J connectivity index is 2.00. The lowest BCUT2D eigenvalue weighted by molar-refractivity contribution is -0.124. The molecule has 114 valence electrons. The maximum Gasteiger partial charge on any atom is 0.220 e. The molecule has 0 aliphatic heterocycles. The molecule has 1 heterocycles. The van der Waals surface area contributed by atoms with Crippen molar-refractivity contribution in [2.24, 2.45) is 0 Å². The smallest absolute Gasteiger partial charge is 0.220 e. The second-order valence-corrected chi connectivity index (χ2v) is 5.94. The Bertz CT molecular complexity index is 855. The number of ketones is 1. The fourth-order valence-electron chi connectivity index (χ4n) is 2.60. The fourth-order valence-corrected chi connectivity index (χ4v) is 2.60. The predicted octanol–water partition coefficient (Wildman–Crippen LogP) is 3.98. The number of aromatic nitrogens is 1. The average Bonchev–Trinajstić information content (AvgIpc) is 2.99. The third-order valence-electron chi connectivity index (χ3n) is 4.06. The predicted molar refractivity (Wildman–Crippen MR) is 86.8 cm³/mol. The second kappa shape index (κ2) is 5.69. The molecular weight excluding hydrogens is 288 g/mol. The van der Waals surface area contributed by atoms with Gasteiger partial charge in [0.05, 0.1) is 11.5 Å². The molecule has 3 aromatic rings. The highest BCUT2D eigenvalue weighted by atomic mass is 16.3. The van der Waals surface area contributed by atoms with Crippen LogP contribution in [-0.2, 0) is 10.2 Å². The number of hydrogen-bond acceptors (Lipinski definition) is 4. The number of oxazole rings is 1. The lowest BCUT2D eigenvalue weighted by Crippen LogP contribution is -2.33. The summed E-state index contributed by atoms with van der Waals surface area (Å²) in [6, 6.07) is 18.7. The highest BCUT2D eigenvalue weighted by Gasteiger charge is 2.38. The zero-order chi connectivity index (χ0) is 16.4. The van der Waals surface area contributed by atoms with Crippen LogP contribution in [0.3, 0.4) is 0 Å². The third kappa shape index (κ3) is 2.62. The van der Waals surface area contributed by atoms with Crippen LogP contribution in [0.4, 0.5) is 0 Å². The van der Waals surface area contributed by atoms with Crippen LogP contribution in [0.2, 0.25) is 0 Å². The SMILES string of the molecule is CC(C)(C(=O)C(C#N)c1nc2ccccc2o1)c1ccccc1. The topological polar surface area (TPSA) is 66.9 Å². The Morgan fingerprint density at radius 3 is 2.43 bits per heavy atom. The summed E-state index contributed by atoms with van der Waals surface area (Å²) < 4.78 is 5.62. The lowest BCUT2D eigenvalue weighted by atomic mass is 9.76. The van der Waals surface area contributed by atoms with Crippen molar-refractivity contribution in [3.8, 4) is 6.07 Å². The van der Waals surface area contributed by atoms with Crippen molar-refractivity contribution in [1.82, 2.24) is 4.98 Å². The first-order valence-electron chi connectivity index (χ1n) is 7.39. The van der Waals surface area contributed by atoms with E-state index in [9.17, 15) is 10.1 Å². The van der Waals surface area contributed by atoms with Crippen LogP contribution in [0.15, 0.2) is 59.0 Å². The van der Waals surface area contributed by atoms with Crippen LogP contribution in [0.5, 0.6) is 0 Å². The van der Waals surface area contributed by atoms with Gasteiger partial charge in [0, 0.05) is 0 Å². The summed E-state index contributed by atoms with van der Waals surface area (Å²) in [6.45, 7) is 3.63. The average molecular weight is 304 g/mol. The van der Waals surface area contributed by atoms with E-state index in [1.165, 1.54) is 0 Å². The molecule has 0 radical (unpaired) electrons. The Kier molecular flexibility index (Phi) is 3.71. The minimum Gasteiger partial charge on any atom is -0.439 e. The van der Waals surface area contributed by atoms with E-state index in [4.69, 9.17) is 4.42 Å². The molecule has 0 aliphatic rings. The van der Waals surface area contributed by atoms with E-state index in [0.29, 0.717) is 11.1 Å². The molecule has 3 rings (SSSR count). The normalized spacial score (nSPS) is 12.7. The van der Waals surface area contributed by atoms with E-state index >= 15 is 0 Å². The monoisotopic (exact) mass is 304 g/mol. The zero-order valence-electron chi connectivity index (χ0n) is 13.0. The lowest BCUT2D eigenvalue weighted by Gasteiger charge is -2.25. The van der Waals surface area contributed by atoms with Crippen molar-refractivity contribution >= 4 is 16.9 Å². The summed E-state index contributed by atoms with van der Waals surface area (Å²) in [4.78, 5) is 17.3. The molecular formula is C19H16N2O2. The van der Waals surface area contributed by atoms with Gasteiger partial charge in [0.25, 0.3) is 0 Å². The summed E-state index contributed by atoms with van der Waals surface area (Å²) in [7, 11) is 0. The van der Waals surface area contributed by atoms with Crippen LogP contribution in [-0.4, -0.2) is 10.8 Å². The van der Waals surface area contributed by atoms with Gasteiger partial charge in [-0.25, -0.2) is 4.98 Å². The highest BCUT2D eigenvalue weighted by Crippen LogP contribution is 2.32. The second-order valence-electron chi connectivity index (χ2n) is 5.94. The summed E-state index contributed by atoms with van der Waals surface area (Å²) in [5.41, 5.74) is 1.28. The number of fused-ring (bicyclic) bond motifs is 1. The van der Waals surface area contributed by atoms with Crippen molar-refractivity contribution in [2.75, 3.05) is 0 Å². The number of carbonyl (C=O) groups is 1. The summed E-state index contributed by atoms with van der Waals surface area (Å²) in [5, 5.41) is 9.51. The molecule has 4 heteroatoms. The van der Waals surface area contributed by atoms with Crippen molar-refractivity contribution in [3.63, 3.8) is 0 Å². The Morgan fingerprint density at radius 1 is 1.13 bits per heavy atom. The summed E-state index contributed by atoms with van der Waals surface area (Å²) in [6.07, 6.45) is 0. The molecule has 1 aromatic heterocycles. The van der Waals surface area contributed by atoms with Gasteiger partial charge in [-0.2, -0.15) is 5.26 Å². The van der Waals surface area contributed by atoms with Gasteiger partial charge in [-0.3, -0.25) is 4.79 Å². The minimum absolute atomic E-state index is 0.155. The van der Waals surface area contributed by atoms with E-state index in [0.717, 1.165) is 5.56 Å². The van der Waals surface area contributed by atoms with E-state index in [1.807, 2.05) is 62.4 Å². The van der Waals surface area contributed by atoms with E-state index in [1.54, 1.807) is 12.1 Å². The largest absolute Gasteiger partial charge is 0.439 e. The first-order valence-corrected chi connectivity index (χ1v) is 7.39. The molecule has 0 aliphatic carbocycles. The number of nitrogens with zero attached hydrogens (tertiary/aromatic N) is 2. The van der Waals surface area contributed by atoms with Gasteiger partial charge in [0.2, 0.25) is 5.89 Å². The molecule has 1 atom stereocenters. The molecule has 0 fully saturated rings. The maximum absolute atomic E-state index is 13.0. The molecule has 1 unspecified atom stereocenters. The number of benzene rings is 2. The minimum atomic E-state index is -1.03. The van der Waals surface area contributed by atoms with Crippen molar-refractivity contribution in [1.29, 1.82) is 5.26 Å². The maximum atomic E-state index is 13.0. The van der Waals surface area contributed by atoms with E-state index < -0.39 is 11.3 Å². The summed E-state index contributed by atoms with van der Waals surface area (Å²) >= 11 is 0. The molecule has 0 amide bonds. The van der Waals surface area contributed by atoms with Crippen LogP contribution in [0.25, 0.3) is 11.1 Å². The third-order valence-corrected chi connectivity index (χ3v) is 4.06. The number of rotatable bonds is 4. The standard InChI is InChI=1S/C19H16N2O2/c1-19(2,13-8-4-3-5-9-13)17(22)14(12-20)18-21-15-10-6-7-11-16(15)23-18/h3-11,14H,1-2H3. The molecule has 0 saturated heterocycles. The molecule has 23 heavy (non-hydrogen) atoms. The first kappa shape index (κ1) is 15.0. The number of para-hydroxylation sites is 2. The molecule has 0 saturated carbocycles. The van der Waals surface area contributed by atoms with Gasteiger partial charge in [0.1, 0.15) is 5.52 Å². The Morgan fingerprint density at radius 2 is 1.78 bits per heavy atom. The van der Waals surface area contributed by atoms with E-state index in [2.05, 4.69) is 4.98 Å². The van der Waals surface area contributed by atoms with Crippen LogP contribution >= 0.6 is 0 Å². The first-order chi connectivity index (χ1) is 11.0. The van der Waals surface area contributed by atoms with Gasteiger partial charge >= 0.3 is 0 Å². The molecule has 2 aromatic carbocycles. The Hall–Kier alpha value is -2.93. The molecule has 0 spiro atoms. The molecule has 4 nitrogen and oxygen atoms in total. The number of nitriles is 1. The molecule has 0 bridgehead atoms. The number of carbonyl (C=O) groups excluding carboxylic acids is 1. The quantitative estimate of drug-likeness (QED) is 0.731. The van der Waals surface area contributed by atoms with Crippen molar-refractivity contribution in [3.05, 3.63) is 66.1 Å². The van der Waals surface area contributed by atoms with E-state index in [-0.39, 0.29) is 11.7 Å².